The van der Waals surface area contributed by atoms with Gasteiger partial charge in [-0.1, -0.05) is 23.9 Å². The van der Waals surface area contributed by atoms with Crippen molar-refractivity contribution in [1.82, 2.24) is 0 Å². The fraction of sp³-hybridized carbons (Fsp3) is 0.464. The van der Waals surface area contributed by atoms with E-state index in [0.717, 1.165) is 16.6 Å². The molecule has 0 saturated heterocycles. The summed E-state index contributed by atoms with van der Waals surface area (Å²) in [5.74, 6) is 0. The average Bonchev–Trinajstić information content (AvgIpc) is 2.69. The molecule has 1 heterocycles. The van der Waals surface area contributed by atoms with Gasteiger partial charge in [-0.3, -0.25) is 5.32 Å². The molecule has 1 amide bonds. The van der Waals surface area contributed by atoms with Crippen LogP contribution in [-0.2, 0) is 25.4 Å². The third-order valence-corrected chi connectivity index (χ3v) is 6.52. The van der Waals surface area contributed by atoms with Crippen molar-refractivity contribution in [3.63, 3.8) is 0 Å². The summed E-state index contributed by atoms with van der Waals surface area (Å²) in [6.45, 7) is 15.6. The van der Waals surface area contributed by atoms with Gasteiger partial charge < -0.3 is 18.9 Å². The van der Waals surface area contributed by atoms with E-state index in [0.29, 0.717) is 0 Å². The lowest BCUT2D eigenvalue weighted by molar-refractivity contribution is -0.0294. The van der Waals surface area contributed by atoms with Gasteiger partial charge >= 0.3 is 18.4 Å². The number of nitrogens with one attached hydrogen (secondary N) is 1. The Hall–Kier alpha value is -2.72. The lowest BCUT2D eigenvalue weighted by atomic mass is 10.0. The number of rotatable bonds is 1. The van der Waals surface area contributed by atoms with Crippen molar-refractivity contribution >= 4 is 51.8 Å². The molecular formula is C28H36BrNO7S. The highest BCUT2D eigenvalue weighted by Gasteiger charge is 2.24. The summed E-state index contributed by atoms with van der Waals surface area (Å²) in [6.07, 6.45) is -1.68. The molecule has 8 nitrogen and oxygen atoms in total. The number of fused-ring (bicyclic) bond motifs is 2. The zero-order valence-electron chi connectivity index (χ0n) is 23.3. The lowest BCUT2D eigenvalue weighted by Crippen LogP contribution is -2.29. The fourth-order valence-electron chi connectivity index (χ4n) is 3.05. The number of hydrogen-bond donors (Lipinski definition) is 1. The van der Waals surface area contributed by atoms with Crippen molar-refractivity contribution in [3.05, 3.63) is 52.0 Å². The normalized spacial score (nSPS) is 12.6. The Kier molecular flexibility index (Phi) is 10.3. The summed E-state index contributed by atoms with van der Waals surface area (Å²) in [5, 5.41) is 2.80. The van der Waals surface area contributed by atoms with E-state index >= 15 is 0 Å². The van der Waals surface area contributed by atoms with Crippen LogP contribution in [0.2, 0.25) is 0 Å². The summed E-state index contributed by atoms with van der Waals surface area (Å²) >= 11 is 5.37. The van der Waals surface area contributed by atoms with Gasteiger partial charge in [0, 0.05) is 20.0 Å². The molecule has 1 aliphatic heterocycles. The molecule has 0 unspecified atom stereocenters. The summed E-state index contributed by atoms with van der Waals surface area (Å²) in [4.78, 5) is 36.4. The van der Waals surface area contributed by atoms with Gasteiger partial charge in [-0.2, -0.15) is 0 Å². The van der Waals surface area contributed by atoms with Crippen LogP contribution in [0.25, 0.3) is 0 Å². The van der Waals surface area contributed by atoms with Gasteiger partial charge in [0.2, 0.25) is 0 Å². The number of carbonyl (C=O) groups is 3. The quantitative estimate of drug-likeness (QED) is 0.166. The Morgan fingerprint density at radius 2 is 1.34 bits per heavy atom. The van der Waals surface area contributed by atoms with Crippen LogP contribution in [0.3, 0.4) is 0 Å². The molecule has 0 saturated carbocycles. The van der Waals surface area contributed by atoms with E-state index in [4.69, 9.17) is 14.2 Å². The van der Waals surface area contributed by atoms with E-state index in [-0.39, 0.29) is 0 Å². The van der Waals surface area contributed by atoms with Gasteiger partial charge in [-0.25, -0.2) is 14.4 Å². The molecule has 1 aliphatic rings. The number of ether oxygens (including phenoxy) is 4. The number of halogens is 1. The molecular weight excluding hydrogens is 574 g/mol. The predicted molar refractivity (Wildman–Crippen MR) is 151 cm³/mol. The third-order valence-electron chi connectivity index (χ3n) is 4.29. The molecule has 2 aromatic rings. The monoisotopic (exact) mass is 609 g/mol. The molecule has 3 rings (SSSR count). The van der Waals surface area contributed by atoms with Crippen LogP contribution >= 0.6 is 27.7 Å². The van der Waals surface area contributed by atoms with Crippen molar-refractivity contribution < 1.29 is 33.3 Å². The van der Waals surface area contributed by atoms with Crippen molar-refractivity contribution in [2.24, 2.45) is 0 Å². The number of amides is 1. The van der Waals surface area contributed by atoms with E-state index in [1.165, 1.54) is 20.9 Å². The molecule has 0 fully saturated rings. The Bertz CT molecular complexity index is 1150. The maximum atomic E-state index is 11.9. The molecule has 0 radical (unpaired) electrons. The van der Waals surface area contributed by atoms with Crippen LogP contribution in [0.5, 0.6) is 0 Å². The first-order valence-electron chi connectivity index (χ1n) is 12.0. The van der Waals surface area contributed by atoms with Gasteiger partial charge in [0.25, 0.3) is 0 Å². The highest BCUT2D eigenvalue weighted by molar-refractivity contribution is 9.10. The van der Waals surface area contributed by atoms with Crippen LogP contribution in [0.15, 0.2) is 50.7 Å². The summed E-state index contributed by atoms with van der Waals surface area (Å²) in [6, 6.07) is 12.2. The van der Waals surface area contributed by atoms with Crippen molar-refractivity contribution in [3.8, 4) is 0 Å². The molecule has 2 aromatic carbocycles. The summed E-state index contributed by atoms with van der Waals surface area (Å²) in [7, 11) is 0. The van der Waals surface area contributed by atoms with Crippen LogP contribution in [0.1, 0.15) is 73.4 Å². The molecule has 38 heavy (non-hydrogen) atoms. The second-order valence-electron chi connectivity index (χ2n) is 11.5. The third kappa shape index (κ3) is 11.3. The fourth-order valence-corrected chi connectivity index (χ4v) is 4.75. The standard InChI is InChI=1S/C18H18BrNO2S.C10H18O5/c1-18(2,3)22-17(21)20-13-7-8-15-12(10-13)9-11-5-4-6-14(19)16(11)23-15;1-9(2,3)14-7(11)13-8(12)15-10(4,5)6/h4-8,10H,9H2,1-3H3,(H,20,21);1-6H3. The van der Waals surface area contributed by atoms with Gasteiger partial charge in [0.05, 0.1) is 0 Å². The average molecular weight is 611 g/mol. The Labute approximate surface area is 237 Å². The molecule has 0 bridgehead atoms. The number of anilines is 1. The van der Waals surface area contributed by atoms with Crippen molar-refractivity contribution in [2.45, 2.75) is 95.3 Å². The molecule has 1 N–H and O–H groups in total. The molecule has 0 spiro atoms. The molecule has 10 heteroatoms. The van der Waals surface area contributed by atoms with Crippen LogP contribution in [0.4, 0.5) is 20.1 Å². The SMILES string of the molecule is CC(C)(C)OC(=O)Nc1ccc2c(c1)Cc1cccc(Br)c1S2.CC(C)(C)OC(=O)OC(=O)OC(C)(C)C. The molecule has 0 aliphatic carbocycles. The Morgan fingerprint density at radius 3 is 1.87 bits per heavy atom. The van der Waals surface area contributed by atoms with E-state index in [1.807, 2.05) is 32.9 Å². The highest BCUT2D eigenvalue weighted by Crippen LogP contribution is 2.43. The van der Waals surface area contributed by atoms with Crippen molar-refractivity contribution in [1.29, 1.82) is 0 Å². The topological polar surface area (TPSA) is 100 Å². The van der Waals surface area contributed by atoms with Gasteiger partial charge in [0.15, 0.2) is 0 Å². The second-order valence-corrected chi connectivity index (χ2v) is 13.4. The largest absolute Gasteiger partial charge is 0.519 e. The van der Waals surface area contributed by atoms with Gasteiger partial charge in [0.1, 0.15) is 16.8 Å². The molecule has 208 valence electrons. The van der Waals surface area contributed by atoms with E-state index in [9.17, 15) is 14.4 Å². The van der Waals surface area contributed by atoms with Gasteiger partial charge in [-0.05, 0) is 120 Å². The van der Waals surface area contributed by atoms with Gasteiger partial charge in [-0.15, -0.1) is 0 Å². The van der Waals surface area contributed by atoms with E-state index < -0.39 is 35.2 Å². The predicted octanol–water partition coefficient (Wildman–Crippen LogP) is 8.72. The first-order chi connectivity index (χ1) is 17.3. The lowest BCUT2D eigenvalue weighted by Gasteiger charge is -2.22. The van der Waals surface area contributed by atoms with Crippen LogP contribution in [-0.4, -0.2) is 35.2 Å². The number of benzene rings is 2. The minimum atomic E-state index is -1.06. The maximum Gasteiger partial charge on any atom is 0.519 e. The first-order valence-corrected chi connectivity index (χ1v) is 13.6. The Morgan fingerprint density at radius 1 is 0.789 bits per heavy atom. The minimum Gasteiger partial charge on any atom is -0.444 e. The zero-order chi connectivity index (χ0) is 28.9. The molecule has 0 aromatic heterocycles. The Balaban J connectivity index is 0.000000296. The second kappa shape index (κ2) is 12.4. The minimum absolute atomic E-state index is 0.427. The van der Waals surface area contributed by atoms with E-state index in [1.54, 1.807) is 53.3 Å². The highest BCUT2D eigenvalue weighted by atomic mass is 79.9. The summed E-state index contributed by atoms with van der Waals surface area (Å²) < 4.78 is 20.2. The summed E-state index contributed by atoms with van der Waals surface area (Å²) in [5.41, 5.74) is 1.38. The molecule has 0 atom stereocenters. The van der Waals surface area contributed by atoms with E-state index in [2.05, 4.69) is 50.2 Å². The van der Waals surface area contributed by atoms with Crippen LogP contribution in [0, 0.1) is 0 Å². The smallest absolute Gasteiger partial charge is 0.444 e. The zero-order valence-corrected chi connectivity index (χ0v) is 25.7. The van der Waals surface area contributed by atoms with Crippen molar-refractivity contribution in [2.75, 3.05) is 5.32 Å². The maximum absolute atomic E-state index is 11.9. The number of carbonyl (C=O) groups excluding carboxylic acids is 3. The number of hydrogen-bond acceptors (Lipinski definition) is 8. The first kappa shape index (κ1) is 31.5. The van der Waals surface area contributed by atoms with Crippen LogP contribution < -0.4 is 5.32 Å².